The molecule has 1 rings (SSSR count). The van der Waals surface area contributed by atoms with Gasteiger partial charge in [-0.25, -0.2) is 9.18 Å². The molecule has 0 bridgehead atoms. The van der Waals surface area contributed by atoms with E-state index in [9.17, 15) is 14.0 Å². The molecule has 0 aliphatic heterocycles. The third-order valence-corrected chi connectivity index (χ3v) is 2.17. The highest BCUT2D eigenvalue weighted by Crippen LogP contribution is 2.17. The number of carbonyl (C=O) groups excluding carboxylic acids is 2. The molecule has 1 aromatic carbocycles. The molecule has 1 aromatic rings. The first kappa shape index (κ1) is 14.1. The Hall–Kier alpha value is -1.95. The van der Waals surface area contributed by atoms with Crippen LogP contribution in [0, 0.1) is 5.82 Å². The second-order valence-corrected chi connectivity index (χ2v) is 3.92. The van der Waals surface area contributed by atoms with Gasteiger partial charge in [0, 0.05) is 12.5 Å². The van der Waals surface area contributed by atoms with Gasteiger partial charge in [0.05, 0.1) is 18.4 Å². The lowest BCUT2D eigenvalue weighted by atomic mass is 10.2. The predicted octanol–water partition coefficient (Wildman–Crippen LogP) is 1.29. The highest BCUT2D eigenvalue weighted by Gasteiger charge is 2.12. The molecule has 18 heavy (non-hydrogen) atoms. The van der Waals surface area contributed by atoms with Crippen molar-refractivity contribution < 1.29 is 18.7 Å². The summed E-state index contributed by atoms with van der Waals surface area (Å²) in [6, 6.07) is 3.27. The predicted molar refractivity (Wildman–Crippen MR) is 64.6 cm³/mol. The van der Waals surface area contributed by atoms with Crippen LogP contribution < -0.4 is 11.1 Å². The summed E-state index contributed by atoms with van der Waals surface area (Å²) in [5.74, 6) is -1.63. The Balaban J connectivity index is 2.87. The van der Waals surface area contributed by atoms with Gasteiger partial charge in [0.15, 0.2) is 0 Å². The first-order valence-electron chi connectivity index (χ1n) is 5.37. The van der Waals surface area contributed by atoms with E-state index in [4.69, 9.17) is 5.73 Å². The number of hydrogen-bond acceptors (Lipinski definition) is 4. The Kier molecular flexibility index (Phi) is 4.79. The Morgan fingerprint density at radius 1 is 1.50 bits per heavy atom. The van der Waals surface area contributed by atoms with Crippen LogP contribution in [-0.2, 0) is 9.53 Å². The Bertz CT molecular complexity index is 461. The fourth-order valence-corrected chi connectivity index (χ4v) is 1.36. The molecule has 3 N–H and O–H groups in total. The van der Waals surface area contributed by atoms with Crippen LogP contribution >= 0.6 is 0 Å². The van der Waals surface area contributed by atoms with Gasteiger partial charge in [0.1, 0.15) is 5.82 Å². The lowest BCUT2D eigenvalue weighted by molar-refractivity contribution is -0.116. The number of carbonyl (C=O) groups is 2. The second-order valence-electron chi connectivity index (χ2n) is 3.92. The molecule has 0 fully saturated rings. The normalized spacial score (nSPS) is 11.8. The van der Waals surface area contributed by atoms with Gasteiger partial charge < -0.3 is 15.8 Å². The molecule has 0 aliphatic rings. The summed E-state index contributed by atoms with van der Waals surface area (Å²) in [6.07, 6.45) is 0.0713. The average molecular weight is 254 g/mol. The maximum Gasteiger partial charge on any atom is 0.337 e. The first-order chi connectivity index (χ1) is 8.43. The number of benzene rings is 1. The quantitative estimate of drug-likeness (QED) is 0.793. The molecule has 1 amide bonds. The molecule has 6 heteroatoms. The van der Waals surface area contributed by atoms with Gasteiger partial charge in [-0.1, -0.05) is 0 Å². The summed E-state index contributed by atoms with van der Waals surface area (Å²) in [6.45, 7) is 1.67. The van der Waals surface area contributed by atoms with Gasteiger partial charge in [-0.2, -0.15) is 0 Å². The van der Waals surface area contributed by atoms with Crippen molar-refractivity contribution in [3.63, 3.8) is 0 Å². The Labute approximate surface area is 104 Å². The molecular formula is C12H15FN2O3. The number of nitrogens with one attached hydrogen (secondary N) is 1. The fourth-order valence-electron chi connectivity index (χ4n) is 1.36. The van der Waals surface area contributed by atoms with Crippen molar-refractivity contribution in [2.75, 3.05) is 12.4 Å². The van der Waals surface area contributed by atoms with Crippen molar-refractivity contribution >= 4 is 17.6 Å². The van der Waals surface area contributed by atoms with E-state index in [-0.39, 0.29) is 23.7 Å². The SMILES string of the molecule is COC(=O)c1ccc(F)c(NC(=O)CC(C)N)c1. The number of halogens is 1. The standard InChI is InChI=1S/C12H15FN2O3/c1-7(14)5-11(16)15-10-6-8(12(17)18-2)3-4-9(10)13/h3-4,6-7H,5,14H2,1-2H3,(H,15,16). The third-order valence-electron chi connectivity index (χ3n) is 2.17. The lowest BCUT2D eigenvalue weighted by Crippen LogP contribution is -2.24. The molecule has 0 saturated carbocycles. The minimum Gasteiger partial charge on any atom is -0.465 e. The van der Waals surface area contributed by atoms with E-state index in [1.807, 2.05) is 0 Å². The van der Waals surface area contributed by atoms with Gasteiger partial charge in [-0.15, -0.1) is 0 Å². The zero-order valence-corrected chi connectivity index (χ0v) is 10.2. The molecule has 98 valence electrons. The van der Waals surface area contributed by atoms with Crippen LogP contribution in [0.15, 0.2) is 18.2 Å². The zero-order valence-electron chi connectivity index (χ0n) is 10.2. The minimum absolute atomic E-state index is 0.0662. The van der Waals surface area contributed by atoms with Crippen molar-refractivity contribution in [2.24, 2.45) is 5.73 Å². The highest BCUT2D eigenvalue weighted by atomic mass is 19.1. The van der Waals surface area contributed by atoms with E-state index in [0.717, 1.165) is 6.07 Å². The van der Waals surface area contributed by atoms with Crippen LogP contribution in [0.3, 0.4) is 0 Å². The number of hydrogen-bond donors (Lipinski definition) is 2. The maximum atomic E-state index is 13.4. The second kappa shape index (κ2) is 6.11. The van der Waals surface area contributed by atoms with Crippen LogP contribution in [0.25, 0.3) is 0 Å². The van der Waals surface area contributed by atoms with Gasteiger partial charge in [-0.3, -0.25) is 4.79 Å². The number of nitrogens with two attached hydrogens (primary N) is 1. The fraction of sp³-hybridized carbons (Fsp3) is 0.333. The van der Waals surface area contributed by atoms with Gasteiger partial charge in [-0.05, 0) is 25.1 Å². The van der Waals surface area contributed by atoms with Crippen molar-refractivity contribution in [1.82, 2.24) is 0 Å². The molecule has 0 aromatic heterocycles. The van der Waals surface area contributed by atoms with E-state index in [2.05, 4.69) is 10.1 Å². The summed E-state index contributed by atoms with van der Waals surface area (Å²) in [5, 5.41) is 2.36. The van der Waals surface area contributed by atoms with Gasteiger partial charge in [0.25, 0.3) is 0 Å². The van der Waals surface area contributed by atoms with Crippen LogP contribution in [0.4, 0.5) is 10.1 Å². The zero-order chi connectivity index (χ0) is 13.7. The largest absolute Gasteiger partial charge is 0.465 e. The van der Waals surface area contributed by atoms with E-state index in [1.165, 1.54) is 19.2 Å². The molecular weight excluding hydrogens is 239 g/mol. The smallest absolute Gasteiger partial charge is 0.337 e. The summed E-state index contributed by atoms with van der Waals surface area (Å²) >= 11 is 0. The third kappa shape index (κ3) is 3.81. The Morgan fingerprint density at radius 3 is 2.72 bits per heavy atom. The van der Waals surface area contributed by atoms with Crippen molar-refractivity contribution in [2.45, 2.75) is 19.4 Å². The number of rotatable bonds is 4. The van der Waals surface area contributed by atoms with E-state index in [0.29, 0.717) is 0 Å². The summed E-state index contributed by atoms with van der Waals surface area (Å²) in [5.41, 5.74) is 5.55. The molecule has 0 radical (unpaired) electrons. The molecule has 0 heterocycles. The van der Waals surface area contributed by atoms with E-state index in [1.54, 1.807) is 6.92 Å². The maximum absolute atomic E-state index is 13.4. The monoisotopic (exact) mass is 254 g/mol. The van der Waals surface area contributed by atoms with Crippen LogP contribution in [0.1, 0.15) is 23.7 Å². The summed E-state index contributed by atoms with van der Waals surface area (Å²) < 4.78 is 17.9. The molecule has 0 spiro atoms. The molecule has 1 atom stereocenters. The Morgan fingerprint density at radius 2 is 2.17 bits per heavy atom. The molecule has 1 unspecified atom stereocenters. The van der Waals surface area contributed by atoms with Crippen LogP contribution in [-0.4, -0.2) is 25.0 Å². The average Bonchev–Trinajstić information content (AvgIpc) is 2.30. The molecule has 0 saturated heterocycles. The molecule has 0 aliphatic carbocycles. The number of methoxy groups -OCH3 is 1. The van der Waals surface area contributed by atoms with Crippen LogP contribution in [0.5, 0.6) is 0 Å². The van der Waals surface area contributed by atoms with Gasteiger partial charge >= 0.3 is 5.97 Å². The number of anilines is 1. The number of esters is 1. The lowest BCUT2D eigenvalue weighted by Gasteiger charge is -2.09. The van der Waals surface area contributed by atoms with Crippen molar-refractivity contribution in [3.8, 4) is 0 Å². The van der Waals surface area contributed by atoms with Crippen molar-refractivity contribution in [1.29, 1.82) is 0 Å². The van der Waals surface area contributed by atoms with E-state index < -0.39 is 17.7 Å². The first-order valence-corrected chi connectivity index (χ1v) is 5.37. The van der Waals surface area contributed by atoms with Crippen LogP contribution in [0.2, 0.25) is 0 Å². The van der Waals surface area contributed by atoms with E-state index >= 15 is 0 Å². The minimum atomic E-state index is -0.624. The summed E-state index contributed by atoms with van der Waals surface area (Å²) in [4.78, 5) is 22.7. The number of ether oxygens (including phenoxy) is 1. The topological polar surface area (TPSA) is 81.4 Å². The van der Waals surface area contributed by atoms with Crippen molar-refractivity contribution in [3.05, 3.63) is 29.6 Å². The molecule has 5 nitrogen and oxygen atoms in total. The van der Waals surface area contributed by atoms with Gasteiger partial charge in [0.2, 0.25) is 5.91 Å². The number of amides is 1. The summed E-state index contributed by atoms with van der Waals surface area (Å²) in [7, 11) is 1.22. The highest BCUT2D eigenvalue weighted by molar-refractivity contribution is 5.94.